The Morgan fingerprint density at radius 1 is 1.24 bits per heavy atom. The predicted molar refractivity (Wildman–Crippen MR) is 83.5 cm³/mol. The molecule has 21 heavy (non-hydrogen) atoms. The van der Waals surface area contributed by atoms with Gasteiger partial charge in [0.05, 0.1) is 0 Å². The van der Waals surface area contributed by atoms with Crippen molar-refractivity contribution in [2.75, 3.05) is 11.9 Å². The van der Waals surface area contributed by atoms with Crippen LogP contribution in [-0.2, 0) is 5.41 Å². The minimum absolute atomic E-state index is 0.102. The van der Waals surface area contributed by atoms with Gasteiger partial charge in [0.2, 0.25) is 5.56 Å². The van der Waals surface area contributed by atoms with Gasteiger partial charge in [-0.05, 0) is 23.8 Å². The molecule has 1 aromatic heterocycles. The van der Waals surface area contributed by atoms with E-state index in [1.807, 2.05) is 24.3 Å². The molecular weight excluding hydrogens is 266 g/mol. The molecule has 0 aliphatic heterocycles. The van der Waals surface area contributed by atoms with Gasteiger partial charge in [-0.2, -0.15) is 0 Å². The number of aromatic nitrogens is 1. The van der Waals surface area contributed by atoms with Crippen LogP contribution < -0.4 is 16.6 Å². The minimum atomic E-state index is -0.313. The maximum absolute atomic E-state index is 12.0. The number of amides is 1. The Hall–Kier alpha value is -2.40. The Bertz CT molecular complexity index is 687. The Kier molecular flexibility index (Phi) is 4.23. The number of nitrogens with one attached hydrogen (secondary N) is 2. The largest absolute Gasteiger partial charge is 0.330 e. The van der Waals surface area contributed by atoms with Crippen molar-refractivity contribution in [3.63, 3.8) is 0 Å². The van der Waals surface area contributed by atoms with E-state index in [1.54, 1.807) is 6.07 Å². The third kappa shape index (κ3) is 3.58. The highest BCUT2D eigenvalue weighted by atomic mass is 16.2. The third-order valence-electron chi connectivity index (χ3n) is 3.47. The molecular formula is C16H19N3O2. The molecule has 4 N–H and O–H groups in total. The van der Waals surface area contributed by atoms with Gasteiger partial charge in [-0.3, -0.25) is 9.59 Å². The average Bonchev–Trinajstić information content (AvgIpc) is 2.48. The van der Waals surface area contributed by atoms with Gasteiger partial charge >= 0.3 is 0 Å². The molecule has 0 bridgehead atoms. The summed E-state index contributed by atoms with van der Waals surface area (Å²) in [7, 11) is 0. The predicted octanol–water partition coefficient (Wildman–Crippen LogP) is 1.86. The lowest BCUT2D eigenvalue weighted by atomic mass is 9.85. The number of rotatable bonds is 4. The van der Waals surface area contributed by atoms with Crippen LogP contribution in [0.25, 0.3) is 0 Å². The van der Waals surface area contributed by atoms with Crippen molar-refractivity contribution in [2.24, 2.45) is 5.73 Å². The number of anilines is 1. The molecule has 0 unspecified atom stereocenters. The summed E-state index contributed by atoms with van der Waals surface area (Å²) < 4.78 is 0. The second kappa shape index (κ2) is 5.93. The van der Waals surface area contributed by atoms with Crippen molar-refractivity contribution in [1.82, 2.24) is 4.98 Å². The highest BCUT2D eigenvalue weighted by Gasteiger charge is 2.18. The second-order valence-corrected chi connectivity index (χ2v) is 5.56. The zero-order chi connectivity index (χ0) is 15.5. The second-order valence-electron chi connectivity index (χ2n) is 5.56. The van der Waals surface area contributed by atoms with Crippen LogP contribution in [0.1, 0.15) is 29.8 Å². The van der Waals surface area contributed by atoms with E-state index in [4.69, 9.17) is 5.73 Å². The average molecular weight is 285 g/mol. The van der Waals surface area contributed by atoms with Crippen molar-refractivity contribution in [2.45, 2.75) is 19.3 Å². The smallest absolute Gasteiger partial charge is 0.255 e. The SMILES string of the molecule is CC(C)(CN)c1ccc(NC(=O)c2cc[nH]c(=O)c2)cc1. The van der Waals surface area contributed by atoms with E-state index in [2.05, 4.69) is 24.1 Å². The van der Waals surface area contributed by atoms with Crippen molar-refractivity contribution < 1.29 is 4.79 Å². The molecule has 0 saturated heterocycles. The minimum Gasteiger partial charge on any atom is -0.330 e. The van der Waals surface area contributed by atoms with Gasteiger partial charge in [0.25, 0.3) is 5.91 Å². The van der Waals surface area contributed by atoms with E-state index >= 15 is 0 Å². The number of benzene rings is 1. The van der Waals surface area contributed by atoms with Crippen LogP contribution in [0.15, 0.2) is 47.4 Å². The summed E-state index contributed by atoms with van der Waals surface area (Å²) >= 11 is 0. The fourth-order valence-electron chi connectivity index (χ4n) is 1.91. The Balaban J connectivity index is 2.14. The number of hydrogen-bond donors (Lipinski definition) is 3. The van der Waals surface area contributed by atoms with Crippen LogP contribution in [0.4, 0.5) is 5.69 Å². The molecule has 5 heteroatoms. The van der Waals surface area contributed by atoms with Crippen LogP contribution in [-0.4, -0.2) is 17.4 Å². The molecule has 1 amide bonds. The number of carbonyl (C=O) groups is 1. The molecule has 0 fully saturated rings. The molecule has 0 radical (unpaired) electrons. The summed E-state index contributed by atoms with van der Waals surface area (Å²) in [5, 5.41) is 2.76. The van der Waals surface area contributed by atoms with Gasteiger partial charge in [0.15, 0.2) is 0 Å². The molecule has 0 atom stereocenters. The molecule has 0 aliphatic carbocycles. The number of pyridine rings is 1. The topological polar surface area (TPSA) is 88.0 Å². The standard InChI is InChI=1S/C16H19N3O2/c1-16(2,10-17)12-3-5-13(6-4-12)19-15(21)11-7-8-18-14(20)9-11/h3-9H,10,17H2,1-2H3,(H,18,20)(H,19,21). The fourth-order valence-corrected chi connectivity index (χ4v) is 1.91. The summed E-state index contributed by atoms with van der Waals surface area (Å²) in [6.07, 6.45) is 1.45. The molecule has 1 heterocycles. The van der Waals surface area contributed by atoms with Crippen LogP contribution in [0.3, 0.4) is 0 Å². The van der Waals surface area contributed by atoms with Crippen LogP contribution >= 0.6 is 0 Å². The van der Waals surface area contributed by atoms with Gasteiger partial charge in [0.1, 0.15) is 0 Å². The van der Waals surface area contributed by atoms with Gasteiger partial charge in [-0.15, -0.1) is 0 Å². The van der Waals surface area contributed by atoms with Crippen LogP contribution in [0.5, 0.6) is 0 Å². The Morgan fingerprint density at radius 3 is 2.48 bits per heavy atom. The number of nitrogens with two attached hydrogens (primary N) is 1. The molecule has 2 rings (SSSR count). The zero-order valence-corrected chi connectivity index (χ0v) is 12.1. The Morgan fingerprint density at radius 2 is 1.90 bits per heavy atom. The van der Waals surface area contributed by atoms with Crippen LogP contribution in [0.2, 0.25) is 0 Å². The third-order valence-corrected chi connectivity index (χ3v) is 3.47. The fraction of sp³-hybridized carbons (Fsp3) is 0.250. The first-order chi connectivity index (χ1) is 9.92. The molecule has 1 aromatic carbocycles. The lowest BCUT2D eigenvalue weighted by molar-refractivity contribution is 0.102. The maximum atomic E-state index is 12.0. The van der Waals surface area contributed by atoms with Gasteiger partial charge in [-0.25, -0.2) is 0 Å². The Labute approximate surface area is 123 Å². The summed E-state index contributed by atoms with van der Waals surface area (Å²) in [4.78, 5) is 25.7. The van der Waals surface area contributed by atoms with E-state index in [1.165, 1.54) is 12.3 Å². The quantitative estimate of drug-likeness (QED) is 0.801. The van der Waals surface area contributed by atoms with Crippen molar-refractivity contribution in [3.8, 4) is 0 Å². The highest BCUT2D eigenvalue weighted by molar-refractivity contribution is 6.04. The van der Waals surface area contributed by atoms with Crippen LogP contribution in [0, 0.1) is 0 Å². The first-order valence-electron chi connectivity index (χ1n) is 6.73. The number of hydrogen-bond acceptors (Lipinski definition) is 3. The van der Waals surface area contributed by atoms with E-state index in [9.17, 15) is 9.59 Å². The first kappa shape index (κ1) is 15.0. The van der Waals surface area contributed by atoms with Crippen molar-refractivity contribution in [1.29, 1.82) is 0 Å². The molecule has 0 spiro atoms. The van der Waals surface area contributed by atoms with Crippen molar-refractivity contribution in [3.05, 3.63) is 64.1 Å². The first-order valence-corrected chi connectivity index (χ1v) is 6.73. The number of carbonyl (C=O) groups excluding carboxylic acids is 1. The van der Waals surface area contributed by atoms with E-state index in [0.29, 0.717) is 17.8 Å². The molecule has 2 aromatic rings. The van der Waals surface area contributed by atoms with Gasteiger partial charge < -0.3 is 16.0 Å². The summed E-state index contributed by atoms with van der Waals surface area (Å²) in [6, 6.07) is 10.4. The van der Waals surface area contributed by atoms with Crippen molar-refractivity contribution >= 4 is 11.6 Å². The zero-order valence-electron chi connectivity index (χ0n) is 12.1. The number of H-pyrrole nitrogens is 1. The lowest BCUT2D eigenvalue weighted by Gasteiger charge is -2.23. The molecule has 0 saturated carbocycles. The monoisotopic (exact) mass is 285 g/mol. The molecule has 0 aliphatic rings. The van der Waals surface area contributed by atoms with E-state index < -0.39 is 0 Å². The normalized spacial score (nSPS) is 11.2. The van der Waals surface area contributed by atoms with Gasteiger partial charge in [0, 0.05) is 35.5 Å². The van der Waals surface area contributed by atoms with Gasteiger partial charge in [-0.1, -0.05) is 26.0 Å². The molecule has 5 nitrogen and oxygen atoms in total. The summed E-state index contributed by atoms with van der Waals surface area (Å²) in [5.74, 6) is -0.313. The maximum Gasteiger partial charge on any atom is 0.255 e. The molecule has 110 valence electrons. The van der Waals surface area contributed by atoms with E-state index in [0.717, 1.165) is 5.56 Å². The highest BCUT2D eigenvalue weighted by Crippen LogP contribution is 2.23. The lowest BCUT2D eigenvalue weighted by Crippen LogP contribution is -2.28. The summed E-state index contributed by atoms with van der Waals surface area (Å²) in [5.41, 5.74) is 7.45. The van der Waals surface area contributed by atoms with E-state index in [-0.39, 0.29) is 16.9 Å². The summed E-state index contributed by atoms with van der Waals surface area (Å²) in [6.45, 7) is 4.68. The number of aromatic amines is 1.